The van der Waals surface area contributed by atoms with Crippen LogP contribution in [0.5, 0.6) is 0 Å². The first-order valence-electron chi connectivity index (χ1n) is 6.17. The van der Waals surface area contributed by atoms with Crippen molar-refractivity contribution in [3.8, 4) is 0 Å². The molecule has 3 nitrogen and oxygen atoms in total. The van der Waals surface area contributed by atoms with Crippen molar-refractivity contribution in [1.29, 1.82) is 0 Å². The molecule has 1 aliphatic rings. The van der Waals surface area contributed by atoms with Crippen molar-refractivity contribution in [3.05, 3.63) is 54.1 Å². The number of hydrogen-bond acceptors (Lipinski definition) is 3. The lowest BCUT2D eigenvalue weighted by molar-refractivity contribution is -0.133. The highest BCUT2D eigenvalue weighted by Crippen LogP contribution is 2.19. The van der Waals surface area contributed by atoms with Gasteiger partial charge in [0.2, 0.25) is 0 Å². The molecule has 1 saturated carbocycles. The minimum absolute atomic E-state index is 0.197. The van der Waals surface area contributed by atoms with Crippen LogP contribution in [0.15, 0.2) is 48.6 Å². The molecule has 0 unspecified atom stereocenters. The molecule has 0 saturated heterocycles. The van der Waals surface area contributed by atoms with E-state index >= 15 is 0 Å². The van der Waals surface area contributed by atoms with Gasteiger partial charge in [0.25, 0.3) is 0 Å². The predicted octanol–water partition coefficient (Wildman–Crippen LogP) is 2.37. The Morgan fingerprint density at radius 3 is 2.26 bits per heavy atom. The van der Waals surface area contributed by atoms with Gasteiger partial charge in [0.1, 0.15) is 5.92 Å². The Kier molecular flexibility index (Phi) is 4.18. The Morgan fingerprint density at radius 2 is 1.63 bits per heavy atom. The van der Waals surface area contributed by atoms with Crippen molar-refractivity contribution in [2.24, 2.45) is 5.92 Å². The van der Waals surface area contributed by atoms with Crippen molar-refractivity contribution in [2.45, 2.75) is 12.8 Å². The van der Waals surface area contributed by atoms with E-state index in [4.69, 9.17) is 0 Å². The maximum atomic E-state index is 11.7. The Balaban J connectivity index is 1.96. The van der Waals surface area contributed by atoms with Gasteiger partial charge < -0.3 is 0 Å². The van der Waals surface area contributed by atoms with Crippen molar-refractivity contribution in [2.75, 3.05) is 0 Å². The van der Waals surface area contributed by atoms with Crippen LogP contribution in [0.2, 0.25) is 0 Å². The van der Waals surface area contributed by atoms with E-state index in [2.05, 4.69) is 0 Å². The summed E-state index contributed by atoms with van der Waals surface area (Å²) in [5, 5.41) is 0. The molecule has 0 radical (unpaired) electrons. The summed E-state index contributed by atoms with van der Waals surface area (Å²) in [4.78, 5) is 34.5. The van der Waals surface area contributed by atoms with Gasteiger partial charge in [0.15, 0.2) is 17.3 Å². The molecule has 2 rings (SSSR count). The molecule has 1 fully saturated rings. The Morgan fingerprint density at radius 1 is 1.00 bits per heavy atom. The van der Waals surface area contributed by atoms with Gasteiger partial charge in [-0.3, -0.25) is 14.4 Å². The van der Waals surface area contributed by atoms with Crippen molar-refractivity contribution < 1.29 is 14.4 Å². The predicted molar refractivity (Wildman–Crippen MR) is 72.4 cm³/mol. The van der Waals surface area contributed by atoms with Crippen LogP contribution in [0.3, 0.4) is 0 Å². The molecule has 1 aliphatic carbocycles. The maximum Gasteiger partial charge on any atom is 0.173 e. The molecule has 0 aliphatic heterocycles. The minimum atomic E-state index is -1.05. The van der Waals surface area contributed by atoms with Gasteiger partial charge in [-0.05, 0) is 11.6 Å². The van der Waals surface area contributed by atoms with E-state index in [1.165, 1.54) is 6.08 Å². The number of hydrogen-bond donors (Lipinski definition) is 0. The fourth-order valence-electron chi connectivity index (χ4n) is 2.01. The summed E-state index contributed by atoms with van der Waals surface area (Å²) < 4.78 is 0. The smallest absolute Gasteiger partial charge is 0.173 e. The quantitative estimate of drug-likeness (QED) is 0.471. The molecule has 0 amide bonds. The number of ketones is 3. The molecule has 0 N–H and O–H groups in total. The third-order valence-corrected chi connectivity index (χ3v) is 3.01. The molecule has 1 aromatic rings. The van der Waals surface area contributed by atoms with E-state index < -0.39 is 11.7 Å². The largest absolute Gasteiger partial charge is 0.298 e. The topological polar surface area (TPSA) is 51.2 Å². The van der Waals surface area contributed by atoms with Crippen LogP contribution in [-0.4, -0.2) is 17.3 Å². The van der Waals surface area contributed by atoms with Gasteiger partial charge in [-0.15, -0.1) is 0 Å². The summed E-state index contributed by atoms with van der Waals surface area (Å²) in [6.45, 7) is 0. The normalized spacial score (nSPS) is 16.8. The molecule has 96 valence electrons. The second-order valence-electron chi connectivity index (χ2n) is 4.40. The summed E-state index contributed by atoms with van der Waals surface area (Å²) >= 11 is 0. The third-order valence-electron chi connectivity index (χ3n) is 3.01. The molecule has 3 heteroatoms. The fourth-order valence-corrected chi connectivity index (χ4v) is 2.01. The van der Waals surface area contributed by atoms with E-state index in [0.717, 1.165) is 5.56 Å². The van der Waals surface area contributed by atoms with Crippen LogP contribution >= 0.6 is 0 Å². The number of carbonyl (C=O) groups excluding carboxylic acids is 3. The number of benzene rings is 1. The Labute approximate surface area is 111 Å². The molecular formula is C16H14O3. The first kappa shape index (κ1) is 13.1. The Bertz CT molecular complexity index is 537. The van der Waals surface area contributed by atoms with E-state index in [-0.39, 0.29) is 24.4 Å². The number of allylic oxidation sites excluding steroid dienone is 3. The first-order chi connectivity index (χ1) is 9.18. The summed E-state index contributed by atoms with van der Waals surface area (Å²) in [7, 11) is 0. The molecule has 1 aromatic carbocycles. The lowest BCUT2D eigenvalue weighted by Crippen LogP contribution is -2.23. The van der Waals surface area contributed by atoms with Crippen LogP contribution in [0.1, 0.15) is 18.4 Å². The van der Waals surface area contributed by atoms with Crippen molar-refractivity contribution >= 4 is 23.4 Å². The second-order valence-corrected chi connectivity index (χ2v) is 4.40. The Hall–Kier alpha value is -2.29. The summed E-state index contributed by atoms with van der Waals surface area (Å²) in [5.74, 6) is -1.98. The number of rotatable bonds is 4. The number of Topliss-reactive ketones (excluding diaryl/α,β-unsaturated/α-hetero) is 2. The van der Waals surface area contributed by atoms with Gasteiger partial charge in [-0.1, -0.05) is 48.6 Å². The lowest BCUT2D eigenvalue weighted by atomic mass is 10.0. The van der Waals surface area contributed by atoms with Crippen LogP contribution < -0.4 is 0 Å². The summed E-state index contributed by atoms with van der Waals surface area (Å²) in [6, 6.07) is 9.65. The molecular weight excluding hydrogens is 240 g/mol. The average Bonchev–Trinajstić information content (AvgIpc) is 2.75. The summed E-state index contributed by atoms with van der Waals surface area (Å²) in [5.41, 5.74) is 1.02. The van der Waals surface area contributed by atoms with E-state index in [0.29, 0.717) is 0 Å². The van der Waals surface area contributed by atoms with Gasteiger partial charge in [0.05, 0.1) is 0 Å². The van der Waals surface area contributed by atoms with Gasteiger partial charge in [-0.2, -0.15) is 0 Å². The average molecular weight is 254 g/mol. The standard InChI is InChI=1S/C16H14O3/c17-13(16-14(18)10-11-15(16)19)9-5-4-8-12-6-2-1-3-7-12/h1-9,16H,10-11H2/b8-4+,9-5+. The monoisotopic (exact) mass is 254 g/mol. The fraction of sp³-hybridized carbons (Fsp3) is 0.188. The zero-order chi connectivity index (χ0) is 13.7. The lowest BCUT2D eigenvalue weighted by Gasteiger charge is -1.99. The second kappa shape index (κ2) is 6.05. The minimum Gasteiger partial charge on any atom is -0.298 e. The molecule has 0 spiro atoms. The van der Waals surface area contributed by atoms with E-state index in [1.807, 2.05) is 36.4 Å². The first-order valence-corrected chi connectivity index (χ1v) is 6.17. The van der Waals surface area contributed by atoms with E-state index in [1.54, 1.807) is 12.2 Å². The van der Waals surface area contributed by atoms with Gasteiger partial charge in [0, 0.05) is 12.8 Å². The maximum absolute atomic E-state index is 11.7. The van der Waals surface area contributed by atoms with Crippen LogP contribution in [-0.2, 0) is 14.4 Å². The van der Waals surface area contributed by atoms with Crippen LogP contribution in [0.4, 0.5) is 0 Å². The molecule has 0 heterocycles. The zero-order valence-corrected chi connectivity index (χ0v) is 10.4. The number of carbonyl (C=O) groups is 3. The summed E-state index contributed by atoms with van der Waals surface area (Å²) in [6.07, 6.45) is 6.82. The highest BCUT2D eigenvalue weighted by molar-refractivity contribution is 6.25. The highest BCUT2D eigenvalue weighted by atomic mass is 16.2. The SMILES string of the molecule is O=C(/C=C/C=C/c1ccccc1)C1C(=O)CCC1=O. The van der Waals surface area contributed by atoms with Gasteiger partial charge in [-0.25, -0.2) is 0 Å². The van der Waals surface area contributed by atoms with Crippen LogP contribution in [0, 0.1) is 5.92 Å². The molecule has 0 atom stereocenters. The van der Waals surface area contributed by atoms with Crippen molar-refractivity contribution in [1.82, 2.24) is 0 Å². The third kappa shape index (κ3) is 3.35. The van der Waals surface area contributed by atoms with Gasteiger partial charge >= 0.3 is 0 Å². The van der Waals surface area contributed by atoms with Crippen LogP contribution in [0.25, 0.3) is 6.08 Å². The molecule has 0 aromatic heterocycles. The van der Waals surface area contributed by atoms with Crippen molar-refractivity contribution in [3.63, 3.8) is 0 Å². The molecule has 0 bridgehead atoms. The highest BCUT2D eigenvalue weighted by Gasteiger charge is 2.36. The zero-order valence-electron chi connectivity index (χ0n) is 10.4. The molecule has 19 heavy (non-hydrogen) atoms. The van der Waals surface area contributed by atoms with E-state index in [9.17, 15) is 14.4 Å².